The molecule has 0 aliphatic carbocycles. The average Bonchev–Trinajstić information content (AvgIpc) is 2.57. The fourth-order valence-corrected chi connectivity index (χ4v) is 2.29. The van der Waals surface area contributed by atoms with Crippen LogP contribution in [-0.4, -0.2) is 4.98 Å². The number of rotatable bonds is 4. The highest BCUT2D eigenvalue weighted by molar-refractivity contribution is 6.17. The van der Waals surface area contributed by atoms with E-state index >= 15 is 0 Å². The van der Waals surface area contributed by atoms with Crippen molar-refractivity contribution in [3.8, 4) is 22.6 Å². The highest BCUT2D eigenvalue weighted by atomic mass is 35.5. The largest absolute Gasteiger partial charge is 0.457 e. The molecule has 0 unspecified atom stereocenters. The van der Waals surface area contributed by atoms with E-state index in [2.05, 4.69) is 17.1 Å². The fraction of sp³-hybridized carbons (Fsp3) is 0.0556. The first-order valence-electron chi connectivity index (χ1n) is 6.69. The van der Waals surface area contributed by atoms with Gasteiger partial charge in [0.1, 0.15) is 11.5 Å². The number of nitrogens with zero attached hydrogens (tertiary/aromatic N) is 1. The number of alkyl halides is 1. The van der Waals surface area contributed by atoms with Crippen LogP contribution in [-0.2, 0) is 5.88 Å². The van der Waals surface area contributed by atoms with Crippen LogP contribution in [0.1, 0.15) is 5.56 Å². The van der Waals surface area contributed by atoms with E-state index in [1.165, 1.54) is 5.56 Å². The average molecular weight is 296 g/mol. The van der Waals surface area contributed by atoms with Crippen molar-refractivity contribution in [2.24, 2.45) is 0 Å². The maximum atomic E-state index is 5.88. The summed E-state index contributed by atoms with van der Waals surface area (Å²) in [6.45, 7) is 0. The molecule has 2 nitrogen and oxygen atoms in total. The molecule has 0 saturated heterocycles. The van der Waals surface area contributed by atoms with E-state index in [0.717, 1.165) is 22.6 Å². The molecule has 1 heterocycles. The van der Waals surface area contributed by atoms with E-state index in [1.807, 2.05) is 48.5 Å². The quantitative estimate of drug-likeness (QED) is 0.611. The second-order valence-electron chi connectivity index (χ2n) is 4.61. The first kappa shape index (κ1) is 13.7. The van der Waals surface area contributed by atoms with Crippen LogP contribution in [0, 0.1) is 0 Å². The zero-order valence-electron chi connectivity index (χ0n) is 11.4. The van der Waals surface area contributed by atoms with Gasteiger partial charge in [0.15, 0.2) is 0 Å². The van der Waals surface area contributed by atoms with Crippen LogP contribution in [0.25, 0.3) is 11.1 Å². The van der Waals surface area contributed by atoms with Crippen LogP contribution in [0.15, 0.2) is 73.1 Å². The summed E-state index contributed by atoms with van der Waals surface area (Å²) in [5, 5.41) is 0. The summed E-state index contributed by atoms with van der Waals surface area (Å²) in [6.07, 6.45) is 3.42. The van der Waals surface area contributed by atoms with Gasteiger partial charge in [0, 0.05) is 18.0 Å². The van der Waals surface area contributed by atoms with Gasteiger partial charge in [-0.2, -0.15) is 0 Å². The van der Waals surface area contributed by atoms with Crippen LogP contribution in [0.3, 0.4) is 0 Å². The molecule has 0 atom stereocenters. The number of hydrogen-bond donors (Lipinski definition) is 0. The van der Waals surface area contributed by atoms with Gasteiger partial charge in [-0.3, -0.25) is 4.98 Å². The molecule has 0 amide bonds. The molecule has 0 fully saturated rings. The highest BCUT2D eigenvalue weighted by Crippen LogP contribution is 2.28. The lowest BCUT2D eigenvalue weighted by Crippen LogP contribution is -1.90. The lowest BCUT2D eigenvalue weighted by molar-refractivity contribution is 0.477. The van der Waals surface area contributed by atoms with Gasteiger partial charge < -0.3 is 4.74 Å². The molecule has 0 spiro atoms. The Kier molecular flexibility index (Phi) is 4.17. The molecule has 0 N–H and O–H groups in total. The Morgan fingerprint density at radius 2 is 1.57 bits per heavy atom. The van der Waals surface area contributed by atoms with Gasteiger partial charge >= 0.3 is 0 Å². The molecule has 2 aromatic carbocycles. The molecule has 3 rings (SSSR count). The number of benzene rings is 2. The second kappa shape index (κ2) is 6.42. The predicted molar refractivity (Wildman–Crippen MR) is 85.7 cm³/mol. The van der Waals surface area contributed by atoms with E-state index in [0.29, 0.717) is 5.88 Å². The third-order valence-electron chi connectivity index (χ3n) is 3.19. The molecule has 1 aromatic heterocycles. The Balaban J connectivity index is 1.82. The minimum Gasteiger partial charge on any atom is -0.457 e. The van der Waals surface area contributed by atoms with Crippen molar-refractivity contribution < 1.29 is 4.74 Å². The van der Waals surface area contributed by atoms with Gasteiger partial charge in [0.2, 0.25) is 0 Å². The summed E-state index contributed by atoms with van der Waals surface area (Å²) in [5.41, 5.74) is 3.23. The summed E-state index contributed by atoms with van der Waals surface area (Å²) in [4.78, 5) is 4.05. The van der Waals surface area contributed by atoms with Crippen molar-refractivity contribution in [2.45, 2.75) is 5.88 Å². The summed E-state index contributed by atoms with van der Waals surface area (Å²) < 4.78 is 5.87. The third kappa shape index (κ3) is 3.23. The van der Waals surface area contributed by atoms with Crippen molar-refractivity contribution in [3.63, 3.8) is 0 Å². The van der Waals surface area contributed by atoms with E-state index < -0.39 is 0 Å². The molecule has 0 bridgehead atoms. The van der Waals surface area contributed by atoms with Crippen LogP contribution in [0.5, 0.6) is 11.5 Å². The molecular weight excluding hydrogens is 282 g/mol. The Hall–Kier alpha value is -2.32. The molecule has 21 heavy (non-hydrogen) atoms. The first-order valence-corrected chi connectivity index (χ1v) is 7.22. The summed E-state index contributed by atoms with van der Waals surface area (Å²) in [6, 6.07) is 20.1. The smallest absolute Gasteiger partial charge is 0.134 e. The fourth-order valence-electron chi connectivity index (χ4n) is 2.09. The van der Waals surface area contributed by atoms with Crippen molar-refractivity contribution in [1.82, 2.24) is 4.98 Å². The summed E-state index contributed by atoms with van der Waals surface area (Å²) >= 11 is 5.88. The van der Waals surface area contributed by atoms with Crippen LogP contribution < -0.4 is 4.74 Å². The molecule has 0 radical (unpaired) electrons. The Morgan fingerprint density at radius 1 is 0.857 bits per heavy atom. The number of halogens is 1. The number of aromatic nitrogens is 1. The predicted octanol–water partition coefficient (Wildman–Crippen LogP) is 5.28. The van der Waals surface area contributed by atoms with E-state index in [-0.39, 0.29) is 0 Å². The molecule has 0 aliphatic heterocycles. The minimum atomic E-state index is 0.380. The number of pyridine rings is 1. The van der Waals surface area contributed by atoms with Crippen LogP contribution in [0.4, 0.5) is 0 Å². The maximum absolute atomic E-state index is 5.88. The van der Waals surface area contributed by atoms with Crippen LogP contribution in [0.2, 0.25) is 0 Å². The first-order chi connectivity index (χ1) is 10.4. The number of hydrogen-bond acceptors (Lipinski definition) is 2. The monoisotopic (exact) mass is 295 g/mol. The topological polar surface area (TPSA) is 22.1 Å². The maximum Gasteiger partial charge on any atom is 0.134 e. The normalized spacial score (nSPS) is 10.3. The van der Waals surface area contributed by atoms with Gasteiger partial charge in [-0.05, 0) is 29.3 Å². The molecule has 3 aromatic rings. The molecule has 3 heteroatoms. The minimum absolute atomic E-state index is 0.380. The van der Waals surface area contributed by atoms with E-state index in [9.17, 15) is 0 Å². The van der Waals surface area contributed by atoms with Gasteiger partial charge in [-0.25, -0.2) is 0 Å². The SMILES string of the molecule is ClCc1cnccc1Oc1ccc(-c2ccccc2)cc1. The second-order valence-corrected chi connectivity index (χ2v) is 4.88. The zero-order valence-corrected chi connectivity index (χ0v) is 12.1. The molecule has 0 saturated carbocycles. The third-order valence-corrected chi connectivity index (χ3v) is 3.48. The van der Waals surface area contributed by atoms with E-state index in [4.69, 9.17) is 16.3 Å². The lowest BCUT2D eigenvalue weighted by Gasteiger charge is -2.09. The number of ether oxygens (including phenoxy) is 1. The summed E-state index contributed by atoms with van der Waals surface area (Å²) in [5.74, 6) is 1.91. The van der Waals surface area contributed by atoms with Crippen molar-refractivity contribution in [3.05, 3.63) is 78.6 Å². The Bertz CT molecular complexity index is 711. The highest BCUT2D eigenvalue weighted by Gasteiger charge is 2.04. The van der Waals surface area contributed by atoms with Gasteiger partial charge in [0.25, 0.3) is 0 Å². The standard InChI is InChI=1S/C18H14ClNO/c19-12-16-13-20-11-10-18(16)21-17-8-6-15(7-9-17)14-4-2-1-3-5-14/h1-11,13H,12H2. The van der Waals surface area contributed by atoms with Crippen molar-refractivity contribution in [1.29, 1.82) is 0 Å². The van der Waals surface area contributed by atoms with Gasteiger partial charge in [-0.1, -0.05) is 42.5 Å². The molecule has 104 valence electrons. The Labute approximate surface area is 129 Å². The van der Waals surface area contributed by atoms with Gasteiger partial charge in [-0.15, -0.1) is 11.6 Å². The molecule has 0 aliphatic rings. The Morgan fingerprint density at radius 3 is 2.29 bits per heavy atom. The van der Waals surface area contributed by atoms with Crippen LogP contribution >= 0.6 is 11.6 Å². The molecular formula is C18H14ClNO. The van der Waals surface area contributed by atoms with Gasteiger partial charge in [0.05, 0.1) is 5.88 Å². The summed E-state index contributed by atoms with van der Waals surface area (Å²) in [7, 11) is 0. The zero-order chi connectivity index (χ0) is 14.5. The lowest BCUT2D eigenvalue weighted by atomic mass is 10.1. The van der Waals surface area contributed by atoms with E-state index in [1.54, 1.807) is 12.4 Å². The van der Waals surface area contributed by atoms with Crippen molar-refractivity contribution >= 4 is 11.6 Å². The van der Waals surface area contributed by atoms with Crippen molar-refractivity contribution in [2.75, 3.05) is 0 Å².